The van der Waals surface area contributed by atoms with Crippen LogP contribution in [0.1, 0.15) is 11.1 Å². The molecule has 3 aromatic rings. The molecular formula is C16H14N2O2. The number of aldehydes is 1. The standard InChI is InChI=1S/C16H14N2O2/c1-11-4-2-3-5-13(11)17-16-18-14-7-6-12(8-9-19)10-15(14)20-16/h2-7,9-10H,8H2,1H3,(H,17,18). The second-order valence-electron chi connectivity index (χ2n) is 4.63. The average Bonchev–Trinajstić information content (AvgIpc) is 2.83. The maximum absolute atomic E-state index is 10.5. The highest BCUT2D eigenvalue weighted by atomic mass is 16.4. The third-order valence-corrected chi connectivity index (χ3v) is 3.16. The normalized spacial score (nSPS) is 10.7. The number of fused-ring (bicyclic) bond motifs is 1. The van der Waals surface area contributed by atoms with Gasteiger partial charge in [0, 0.05) is 12.1 Å². The lowest BCUT2D eigenvalue weighted by atomic mass is 10.1. The number of para-hydroxylation sites is 1. The first-order chi connectivity index (χ1) is 9.76. The highest BCUT2D eigenvalue weighted by molar-refractivity contribution is 5.77. The second kappa shape index (κ2) is 5.17. The third-order valence-electron chi connectivity index (χ3n) is 3.16. The van der Waals surface area contributed by atoms with Crippen molar-refractivity contribution >= 4 is 29.1 Å². The first kappa shape index (κ1) is 12.4. The van der Waals surface area contributed by atoms with Gasteiger partial charge in [0.05, 0.1) is 0 Å². The summed E-state index contributed by atoms with van der Waals surface area (Å²) in [7, 11) is 0. The van der Waals surface area contributed by atoms with Crippen LogP contribution in [0.3, 0.4) is 0 Å². The highest BCUT2D eigenvalue weighted by Gasteiger charge is 2.07. The zero-order chi connectivity index (χ0) is 13.9. The third kappa shape index (κ3) is 2.40. The van der Waals surface area contributed by atoms with E-state index in [-0.39, 0.29) is 0 Å². The number of oxazole rings is 1. The smallest absolute Gasteiger partial charge is 0.300 e. The fourth-order valence-electron chi connectivity index (χ4n) is 2.07. The largest absolute Gasteiger partial charge is 0.423 e. The van der Waals surface area contributed by atoms with Gasteiger partial charge in [0.1, 0.15) is 11.8 Å². The van der Waals surface area contributed by atoms with Crippen LogP contribution < -0.4 is 5.32 Å². The van der Waals surface area contributed by atoms with Crippen LogP contribution in [-0.2, 0) is 11.2 Å². The van der Waals surface area contributed by atoms with E-state index < -0.39 is 0 Å². The minimum absolute atomic E-state index is 0.386. The fourth-order valence-corrected chi connectivity index (χ4v) is 2.07. The Hall–Kier alpha value is -2.62. The molecule has 0 aliphatic carbocycles. The molecule has 0 bridgehead atoms. The van der Waals surface area contributed by atoms with Gasteiger partial charge in [0.25, 0.3) is 6.01 Å². The zero-order valence-corrected chi connectivity index (χ0v) is 11.1. The van der Waals surface area contributed by atoms with Crippen LogP contribution in [0.15, 0.2) is 46.9 Å². The van der Waals surface area contributed by atoms with Crippen molar-refractivity contribution in [3.8, 4) is 0 Å². The summed E-state index contributed by atoms with van der Waals surface area (Å²) in [5.41, 5.74) is 4.46. The molecule has 0 spiro atoms. The minimum Gasteiger partial charge on any atom is -0.423 e. The quantitative estimate of drug-likeness (QED) is 0.733. The van der Waals surface area contributed by atoms with Crippen molar-refractivity contribution < 1.29 is 9.21 Å². The van der Waals surface area contributed by atoms with Gasteiger partial charge in [-0.1, -0.05) is 24.3 Å². The van der Waals surface area contributed by atoms with E-state index in [1.807, 2.05) is 49.4 Å². The van der Waals surface area contributed by atoms with Gasteiger partial charge in [-0.15, -0.1) is 0 Å². The highest BCUT2D eigenvalue weighted by Crippen LogP contribution is 2.24. The molecular weight excluding hydrogens is 252 g/mol. The Morgan fingerprint density at radius 3 is 2.90 bits per heavy atom. The number of carbonyl (C=O) groups excluding carboxylic acids is 1. The van der Waals surface area contributed by atoms with Crippen molar-refractivity contribution in [2.45, 2.75) is 13.3 Å². The molecule has 1 N–H and O–H groups in total. The number of rotatable bonds is 4. The number of anilines is 2. The molecule has 100 valence electrons. The molecule has 4 heteroatoms. The number of nitrogens with zero attached hydrogens (tertiary/aromatic N) is 1. The Morgan fingerprint density at radius 1 is 1.25 bits per heavy atom. The summed E-state index contributed by atoms with van der Waals surface area (Å²) in [5, 5.41) is 3.17. The molecule has 0 unspecified atom stereocenters. The van der Waals surface area contributed by atoms with Crippen LogP contribution in [0.5, 0.6) is 0 Å². The molecule has 2 aromatic carbocycles. The summed E-state index contributed by atoms with van der Waals surface area (Å²) in [6.45, 7) is 2.02. The summed E-state index contributed by atoms with van der Waals surface area (Å²) >= 11 is 0. The van der Waals surface area contributed by atoms with Crippen LogP contribution >= 0.6 is 0 Å². The Morgan fingerprint density at radius 2 is 2.10 bits per heavy atom. The number of benzene rings is 2. The summed E-state index contributed by atoms with van der Waals surface area (Å²) in [4.78, 5) is 14.9. The topological polar surface area (TPSA) is 55.1 Å². The average molecular weight is 266 g/mol. The number of hydrogen-bond acceptors (Lipinski definition) is 4. The van der Waals surface area contributed by atoms with Gasteiger partial charge in [-0.2, -0.15) is 4.98 Å². The Labute approximate surface area is 116 Å². The molecule has 0 atom stereocenters. The van der Waals surface area contributed by atoms with Gasteiger partial charge in [-0.3, -0.25) is 0 Å². The van der Waals surface area contributed by atoms with Crippen LogP contribution in [-0.4, -0.2) is 11.3 Å². The minimum atomic E-state index is 0.386. The molecule has 0 aliphatic rings. The van der Waals surface area contributed by atoms with Crippen LogP contribution in [0.2, 0.25) is 0 Å². The van der Waals surface area contributed by atoms with Crippen molar-refractivity contribution in [2.75, 3.05) is 5.32 Å². The molecule has 3 rings (SSSR count). The Bertz CT molecular complexity index is 762. The Kier molecular flexibility index (Phi) is 3.21. The van der Waals surface area contributed by atoms with Crippen molar-refractivity contribution in [3.05, 3.63) is 53.6 Å². The van der Waals surface area contributed by atoms with Crippen LogP contribution in [0.4, 0.5) is 11.7 Å². The van der Waals surface area contributed by atoms with E-state index in [1.54, 1.807) is 0 Å². The maximum atomic E-state index is 10.5. The lowest BCUT2D eigenvalue weighted by molar-refractivity contribution is -0.107. The number of aryl methyl sites for hydroxylation is 1. The van der Waals surface area contributed by atoms with Crippen molar-refractivity contribution in [2.24, 2.45) is 0 Å². The maximum Gasteiger partial charge on any atom is 0.300 e. The van der Waals surface area contributed by atoms with Gasteiger partial charge >= 0.3 is 0 Å². The van der Waals surface area contributed by atoms with Gasteiger partial charge in [-0.05, 0) is 36.2 Å². The van der Waals surface area contributed by atoms with Crippen LogP contribution in [0, 0.1) is 6.92 Å². The number of hydrogen-bond donors (Lipinski definition) is 1. The first-order valence-electron chi connectivity index (χ1n) is 6.42. The second-order valence-corrected chi connectivity index (χ2v) is 4.63. The van der Waals surface area contributed by atoms with E-state index in [4.69, 9.17) is 4.42 Å². The van der Waals surface area contributed by atoms with E-state index >= 15 is 0 Å². The summed E-state index contributed by atoms with van der Waals surface area (Å²) in [6, 6.07) is 14.0. The number of aromatic nitrogens is 1. The van der Waals surface area contributed by atoms with Gasteiger partial charge < -0.3 is 14.5 Å². The number of carbonyl (C=O) groups is 1. The lowest BCUT2D eigenvalue weighted by Crippen LogP contribution is -1.92. The lowest BCUT2D eigenvalue weighted by Gasteiger charge is -2.04. The molecule has 20 heavy (non-hydrogen) atoms. The van der Waals surface area contributed by atoms with Gasteiger partial charge in [-0.25, -0.2) is 0 Å². The van der Waals surface area contributed by atoms with Crippen molar-refractivity contribution in [1.29, 1.82) is 0 Å². The summed E-state index contributed by atoms with van der Waals surface area (Å²) in [6.07, 6.45) is 1.27. The summed E-state index contributed by atoms with van der Waals surface area (Å²) < 4.78 is 5.68. The van der Waals surface area contributed by atoms with E-state index in [9.17, 15) is 4.79 Å². The molecule has 0 radical (unpaired) electrons. The molecule has 0 aliphatic heterocycles. The van der Waals surface area contributed by atoms with Crippen molar-refractivity contribution in [1.82, 2.24) is 4.98 Å². The molecule has 0 saturated heterocycles. The molecule has 1 aromatic heterocycles. The van der Waals surface area contributed by atoms with Crippen molar-refractivity contribution in [3.63, 3.8) is 0 Å². The van der Waals surface area contributed by atoms with Gasteiger partial charge in [0.2, 0.25) is 0 Å². The molecule has 0 amide bonds. The van der Waals surface area contributed by atoms with Crippen LogP contribution in [0.25, 0.3) is 11.1 Å². The van der Waals surface area contributed by atoms with E-state index in [1.165, 1.54) is 0 Å². The zero-order valence-electron chi connectivity index (χ0n) is 11.1. The van der Waals surface area contributed by atoms with E-state index in [0.29, 0.717) is 18.0 Å². The monoisotopic (exact) mass is 266 g/mol. The predicted octanol–water partition coefficient (Wildman–Crippen LogP) is 3.62. The van der Waals surface area contributed by atoms with Gasteiger partial charge in [0.15, 0.2) is 5.58 Å². The fraction of sp³-hybridized carbons (Fsp3) is 0.125. The molecule has 0 fully saturated rings. The predicted molar refractivity (Wildman–Crippen MR) is 78.2 cm³/mol. The molecule has 1 heterocycles. The van der Waals surface area contributed by atoms with E-state index in [2.05, 4.69) is 10.3 Å². The Balaban J connectivity index is 1.93. The number of nitrogens with one attached hydrogen (secondary N) is 1. The molecule has 4 nitrogen and oxygen atoms in total. The van der Waals surface area contributed by atoms with E-state index in [0.717, 1.165) is 28.6 Å². The first-order valence-corrected chi connectivity index (χ1v) is 6.42. The SMILES string of the molecule is Cc1ccccc1Nc1nc2ccc(CC=O)cc2o1. The molecule has 0 saturated carbocycles. The summed E-state index contributed by atoms with van der Waals surface area (Å²) in [5.74, 6) is 0.